The summed E-state index contributed by atoms with van der Waals surface area (Å²) in [6.45, 7) is 7.06. The van der Waals surface area contributed by atoms with Crippen molar-refractivity contribution in [3.8, 4) is 16.9 Å². The number of rotatable bonds is 7. The molecule has 4 rings (SSSR count). The third-order valence-corrected chi connectivity index (χ3v) is 5.68. The molecule has 186 valence electrons. The minimum Gasteiger partial charge on any atom is -0.434 e. The van der Waals surface area contributed by atoms with Crippen molar-refractivity contribution in [1.29, 1.82) is 0 Å². The highest BCUT2D eigenvalue weighted by Gasteiger charge is 2.21. The average molecular weight is 497 g/mol. The summed E-state index contributed by atoms with van der Waals surface area (Å²) >= 11 is 0. The number of nitrogens with zero attached hydrogens (tertiary/aromatic N) is 5. The number of hydrogen-bond acceptors (Lipinski definition) is 5. The Hall–Kier alpha value is -4.17. The first-order chi connectivity index (χ1) is 17.0. The molecule has 0 saturated heterocycles. The van der Waals surface area contributed by atoms with Crippen LogP contribution in [0.5, 0.6) is 5.75 Å². The van der Waals surface area contributed by atoms with E-state index in [0.717, 1.165) is 6.07 Å². The van der Waals surface area contributed by atoms with Crippen molar-refractivity contribution in [1.82, 2.24) is 19.3 Å². The van der Waals surface area contributed by atoms with E-state index in [4.69, 9.17) is 6.57 Å². The van der Waals surface area contributed by atoms with Crippen LogP contribution in [-0.4, -0.2) is 31.0 Å². The van der Waals surface area contributed by atoms with Crippen LogP contribution in [-0.2, 0) is 25.7 Å². The van der Waals surface area contributed by atoms with Gasteiger partial charge >= 0.3 is 6.61 Å². The average Bonchev–Trinajstić information content (AvgIpc) is 3.04. The van der Waals surface area contributed by atoms with Gasteiger partial charge in [-0.1, -0.05) is 0 Å². The van der Waals surface area contributed by atoms with Crippen LogP contribution in [0.15, 0.2) is 47.5 Å². The maximum absolute atomic E-state index is 15.0. The number of aliphatic hydroxyl groups is 1. The van der Waals surface area contributed by atoms with Gasteiger partial charge in [0, 0.05) is 41.7 Å². The van der Waals surface area contributed by atoms with Crippen LogP contribution in [0.3, 0.4) is 0 Å². The number of ether oxygens (including phenoxy) is 1. The van der Waals surface area contributed by atoms with Crippen molar-refractivity contribution in [3.05, 3.63) is 87.3 Å². The minimum atomic E-state index is -3.06. The van der Waals surface area contributed by atoms with Gasteiger partial charge in [-0.2, -0.15) is 8.78 Å². The predicted molar refractivity (Wildman–Crippen MR) is 126 cm³/mol. The molecule has 0 spiro atoms. The van der Waals surface area contributed by atoms with Crippen LogP contribution in [0.2, 0.25) is 0 Å². The Morgan fingerprint density at radius 2 is 1.89 bits per heavy atom. The summed E-state index contributed by atoms with van der Waals surface area (Å²) in [5, 5.41) is 10.2. The molecule has 0 aliphatic heterocycles. The van der Waals surface area contributed by atoms with Crippen LogP contribution < -0.4 is 10.3 Å². The molecule has 0 bridgehead atoms. The van der Waals surface area contributed by atoms with Gasteiger partial charge in [-0.05, 0) is 44.2 Å². The second kappa shape index (κ2) is 9.47. The first kappa shape index (κ1) is 24.9. The molecule has 11 heteroatoms. The fourth-order valence-corrected chi connectivity index (χ4v) is 3.91. The highest BCUT2D eigenvalue weighted by Crippen LogP contribution is 2.29. The second-order valence-corrected chi connectivity index (χ2v) is 8.73. The lowest BCUT2D eigenvalue weighted by Crippen LogP contribution is -2.20. The SMILES string of the molecule is [C-]#[N+]Cc1ccc(OC(F)F)c(Cn2c3cc(-c4cnc(C(C)(C)O)nc4)c(F)cc3c(=O)n2C)c1. The van der Waals surface area contributed by atoms with Gasteiger partial charge in [-0.3, -0.25) is 14.2 Å². The zero-order chi connectivity index (χ0) is 26.2. The topological polar surface area (TPSA) is 86.5 Å². The molecular formula is C25H22F3N5O3. The van der Waals surface area contributed by atoms with Crippen molar-refractivity contribution in [2.75, 3.05) is 0 Å². The van der Waals surface area contributed by atoms with E-state index in [9.17, 15) is 18.7 Å². The Morgan fingerprint density at radius 3 is 2.50 bits per heavy atom. The molecule has 0 unspecified atom stereocenters. The van der Waals surface area contributed by atoms with Crippen molar-refractivity contribution in [2.24, 2.45) is 7.05 Å². The van der Waals surface area contributed by atoms with Gasteiger partial charge in [0.05, 0.1) is 17.4 Å². The van der Waals surface area contributed by atoms with E-state index in [0.29, 0.717) is 22.2 Å². The fraction of sp³-hybridized carbons (Fsp3) is 0.280. The number of alkyl halides is 2. The third-order valence-electron chi connectivity index (χ3n) is 5.68. The molecule has 2 heterocycles. The van der Waals surface area contributed by atoms with Gasteiger partial charge in [0.2, 0.25) is 6.54 Å². The third kappa shape index (κ3) is 4.81. The molecule has 4 aromatic rings. The lowest BCUT2D eigenvalue weighted by molar-refractivity contribution is -0.0505. The van der Waals surface area contributed by atoms with Gasteiger partial charge in [-0.15, -0.1) is 0 Å². The standard InChI is InChI=1S/C25H22F3N5O3/c1-25(2,35)23-30-11-16(12-31-23)17-9-20-18(8-19(17)26)22(34)32(4)33(20)13-15-7-14(10-29-3)5-6-21(15)36-24(27)28/h5-9,11-12,24,35H,10,13H2,1-2,4H3. The molecule has 0 aliphatic carbocycles. The van der Waals surface area contributed by atoms with E-state index in [1.165, 1.54) is 60.9 Å². The summed E-state index contributed by atoms with van der Waals surface area (Å²) in [7, 11) is 1.48. The molecule has 0 fully saturated rings. The van der Waals surface area contributed by atoms with Crippen molar-refractivity contribution >= 4 is 10.9 Å². The molecule has 0 atom stereocenters. The number of halogens is 3. The molecule has 36 heavy (non-hydrogen) atoms. The van der Waals surface area contributed by atoms with E-state index in [-0.39, 0.29) is 35.6 Å². The number of benzene rings is 2. The molecule has 0 radical (unpaired) electrons. The van der Waals surface area contributed by atoms with Crippen molar-refractivity contribution < 1.29 is 23.0 Å². The van der Waals surface area contributed by atoms with Crippen LogP contribution >= 0.6 is 0 Å². The zero-order valence-corrected chi connectivity index (χ0v) is 19.7. The number of fused-ring (bicyclic) bond motifs is 1. The predicted octanol–water partition coefficient (Wildman–Crippen LogP) is 4.23. The Morgan fingerprint density at radius 1 is 1.19 bits per heavy atom. The van der Waals surface area contributed by atoms with Gasteiger partial charge in [0.1, 0.15) is 17.2 Å². The van der Waals surface area contributed by atoms with Crippen LogP contribution in [0.25, 0.3) is 26.9 Å². The molecule has 8 nitrogen and oxygen atoms in total. The molecular weight excluding hydrogens is 475 g/mol. The summed E-state index contributed by atoms with van der Waals surface area (Å²) in [5.74, 6) is -0.598. The van der Waals surface area contributed by atoms with Gasteiger partial charge < -0.3 is 14.7 Å². The fourth-order valence-electron chi connectivity index (χ4n) is 3.91. The lowest BCUT2D eigenvalue weighted by Gasteiger charge is -2.16. The molecule has 1 N–H and O–H groups in total. The molecule has 0 amide bonds. The summed E-state index contributed by atoms with van der Waals surface area (Å²) in [5.41, 5.74) is -0.0323. The first-order valence-corrected chi connectivity index (χ1v) is 10.8. The van der Waals surface area contributed by atoms with E-state index in [2.05, 4.69) is 19.5 Å². The highest BCUT2D eigenvalue weighted by atomic mass is 19.3. The monoisotopic (exact) mass is 497 g/mol. The Balaban J connectivity index is 1.85. The smallest absolute Gasteiger partial charge is 0.387 e. The second-order valence-electron chi connectivity index (χ2n) is 8.73. The largest absolute Gasteiger partial charge is 0.434 e. The van der Waals surface area contributed by atoms with Gasteiger partial charge in [-0.25, -0.2) is 20.9 Å². The molecule has 2 aromatic heterocycles. The Kier molecular flexibility index (Phi) is 6.56. The number of hydrogen-bond donors (Lipinski definition) is 1. The maximum Gasteiger partial charge on any atom is 0.387 e. The summed E-state index contributed by atoms with van der Waals surface area (Å²) in [6, 6.07) is 7.03. The zero-order valence-electron chi connectivity index (χ0n) is 19.7. The van der Waals surface area contributed by atoms with Crippen molar-refractivity contribution in [3.63, 3.8) is 0 Å². The van der Waals surface area contributed by atoms with E-state index in [1.54, 1.807) is 6.07 Å². The van der Waals surface area contributed by atoms with E-state index < -0.39 is 23.6 Å². The quantitative estimate of drug-likeness (QED) is 0.386. The van der Waals surface area contributed by atoms with Crippen LogP contribution in [0.4, 0.5) is 13.2 Å². The summed E-state index contributed by atoms with van der Waals surface area (Å²) < 4.78 is 48.5. The Bertz CT molecular complexity index is 1530. The molecule has 0 aliphatic rings. The lowest BCUT2D eigenvalue weighted by atomic mass is 10.1. The van der Waals surface area contributed by atoms with E-state index in [1.807, 2.05) is 0 Å². The molecule has 0 saturated carbocycles. The van der Waals surface area contributed by atoms with Gasteiger partial charge in [0.25, 0.3) is 5.56 Å². The normalized spacial score (nSPS) is 11.8. The summed E-state index contributed by atoms with van der Waals surface area (Å²) in [6.07, 6.45) is 2.75. The number of aromatic nitrogens is 4. The Labute approximate surface area is 204 Å². The van der Waals surface area contributed by atoms with Crippen molar-refractivity contribution in [2.45, 2.75) is 39.1 Å². The maximum atomic E-state index is 15.0. The minimum absolute atomic E-state index is 0.0450. The molecule has 2 aromatic carbocycles. The van der Waals surface area contributed by atoms with E-state index >= 15 is 4.39 Å². The first-order valence-electron chi connectivity index (χ1n) is 10.8. The highest BCUT2D eigenvalue weighted by molar-refractivity contribution is 5.84. The van der Waals surface area contributed by atoms with Crippen LogP contribution in [0.1, 0.15) is 30.8 Å². The van der Waals surface area contributed by atoms with Gasteiger partial charge in [0.15, 0.2) is 5.82 Å². The summed E-state index contributed by atoms with van der Waals surface area (Å²) in [4.78, 5) is 24.4. The van der Waals surface area contributed by atoms with Crippen LogP contribution in [0, 0.1) is 12.4 Å².